The van der Waals surface area contributed by atoms with Gasteiger partial charge in [0.2, 0.25) is 0 Å². The molecule has 182 valence electrons. The van der Waals surface area contributed by atoms with Crippen LogP contribution in [0.5, 0.6) is 0 Å². The maximum absolute atomic E-state index is 11.5. The molecule has 1 aliphatic rings. The number of sulfonamides is 2. The van der Waals surface area contributed by atoms with Crippen LogP contribution in [-0.4, -0.2) is 51.9 Å². The summed E-state index contributed by atoms with van der Waals surface area (Å²) in [6.45, 7) is 9.77. The maximum atomic E-state index is 11.5. The summed E-state index contributed by atoms with van der Waals surface area (Å²) in [4.78, 5) is 2.69. The Morgan fingerprint density at radius 1 is 0.833 bits per heavy atom. The van der Waals surface area contributed by atoms with Crippen LogP contribution in [-0.2, 0) is 20.0 Å². The van der Waals surface area contributed by atoms with E-state index in [1.165, 1.54) is 58.0 Å². The summed E-state index contributed by atoms with van der Waals surface area (Å²) in [6.07, 6.45) is 9.96. The Bertz CT molecular complexity index is 666. The van der Waals surface area contributed by atoms with Gasteiger partial charge in [0.15, 0.2) is 0 Å². The third kappa shape index (κ3) is 9.69. The van der Waals surface area contributed by atoms with Crippen LogP contribution in [0.1, 0.15) is 65.7 Å². The largest absolute Gasteiger partial charge is 0.512 e. The third-order valence-corrected chi connectivity index (χ3v) is 7.87. The van der Waals surface area contributed by atoms with Crippen molar-refractivity contribution < 1.29 is 43.2 Å². The van der Waals surface area contributed by atoms with E-state index in [1.54, 1.807) is 0 Å². The molecule has 30 heavy (non-hydrogen) atoms. The molecule has 0 aromatic heterocycles. The van der Waals surface area contributed by atoms with Crippen LogP contribution < -0.4 is 4.13 Å². The Balaban J connectivity index is 0.000000561. The van der Waals surface area contributed by atoms with Gasteiger partial charge in [0.25, 0.3) is 0 Å². The molecule has 0 aromatic rings. The number of likely N-dealkylation sites (tertiary alicyclic amines) is 1. The molecule has 0 aromatic carbocycles. The normalized spacial score (nSPS) is 21.4. The van der Waals surface area contributed by atoms with Crippen molar-refractivity contribution in [2.24, 2.45) is 5.92 Å². The van der Waals surface area contributed by atoms with E-state index < -0.39 is 35.2 Å². The summed E-state index contributed by atoms with van der Waals surface area (Å²) in [7, 11) is -13.2. The summed E-state index contributed by atoms with van der Waals surface area (Å²) < 4.78 is 108. The molecule has 0 saturated carbocycles. The van der Waals surface area contributed by atoms with Crippen LogP contribution >= 0.6 is 0 Å². The molecule has 2 atom stereocenters. The SMILES string of the molecule is CCCCCCCCN1CCC(C)C1C.O=S(=O)(NS(=O)(=O)C(F)(F)F)C(F)(F)F. The molecule has 1 aliphatic heterocycles. The number of hydrogen-bond donors (Lipinski definition) is 1. The van der Waals surface area contributed by atoms with Crippen molar-refractivity contribution >= 4 is 20.0 Å². The number of rotatable bonds is 9. The van der Waals surface area contributed by atoms with Gasteiger partial charge in [-0.05, 0) is 38.8 Å². The highest BCUT2D eigenvalue weighted by Gasteiger charge is 2.55. The number of hydrogen-bond acceptors (Lipinski definition) is 5. The molecule has 2 unspecified atom stereocenters. The first-order valence-electron chi connectivity index (χ1n) is 9.61. The minimum absolute atomic E-state index is 0.493. The van der Waals surface area contributed by atoms with Gasteiger partial charge in [-0.25, -0.2) is 16.8 Å². The molecular formula is C16H30F6N2O4S2. The molecular weight excluding hydrogens is 462 g/mol. The number of nitrogens with one attached hydrogen (secondary N) is 1. The van der Waals surface area contributed by atoms with Crippen LogP contribution in [0.15, 0.2) is 0 Å². The van der Waals surface area contributed by atoms with Gasteiger partial charge in [-0.15, -0.1) is 0 Å². The van der Waals surface area contributed by atoms with Crippen molar-refractivity contribution in [1.29, 1.82) is 0 Å². The molecule has 1 saturated heterocycles. The number of unbranched alkanes of at least 4 members (excludes halogenated alkanes) is 5. The van der Waals surface area contributed by atoms with Gasteiger partial charge in [-0.3, -0.25) is 0 Å². The summed E-state index contributed by atoms with van der Waals surface area (Å²) in [6, 6.07) is 0.834. The molecule has 0 spiro atoms. The molecule has 0 radical (unpaired) electrons. The summed E-state index contributed by atoms with van der Waals surface area (Å²) in [5, 5.41) is 0. The van der Waals surface area contributed by atoms with Crippen LogP contribution in [0, 0.1) is 5.92 Å². The highest BCUT2D eigenvalue weighted by atomic mass is 32.3. The van der Waals surface area contributed by atoms with E-state index in [9.17, 15) is 43.2 Å². The molecule has 1 N–H and O–H groups in total. The van der Waals surface area contributed by atoms with E-state index in [1.807, 2.05) is 0 Å². The Kier molecular flexibility index (Phi) is 11.6. The molecule has 6 nitrogen and oxygen atoms in total. The highest BCUT2D eigenvalue weighted by Crippen LogP contribution is 2.27. The lowest BCUT2D eigenvalue weighted by Crippen LogP contribution is -2.45. The van der Waals surface area contributed by atoms with Gasteiger partial charge in [-0.1, -0.05) is 50.1 Å². The number of halogens is 6. The van der Waals surface area contributed by atoms with Crippen molar-refractivity contribution in [1.82, 2.24) is 9.03 Å². The van der Waals surface area contributed by atoms with E-state index in [0.717, 1.165) is 12.0 Å². The van der Waals surface area contributed by atoms with E-state index in [4.69, 9.17) is 0 Å². The molecule has 1 rings (SSSR count). The Morgan fingerprint density at radius 2 is 1.27 bits per heavy atom. The van der Waals surface area contributed by atoms with E-state index in [0.29, 0.717) is 0 Å². The van der Waals surface area contributed by atoms with Crippen LogP contribution in [0.3, 0.4) is 0 Å². The molecule has 0 aliphatic carbocycles. The third-order valence-electron chi connectivity index (χ3n) is 4.90. The minimum atomic E-state index is -6.60. The topological polar surface area (TPSA) is 83.6 Å². The molecule has 0 amide bonds. The summed E-state index contributed by atoms with van der Waals surface area (Å²) in [5.74, 6) is 0.921. The van der Waals surface area contributed by atoms with Crippen molar-refractivity contribution in [2.45, 2.75) is 82.8 Å². The van der Waals surface area contributed by atoms with Crippen molar-refractivity contribution in [3.05, 3.63) is 0 Å². The summed E-state index contributed by atoms with van der Waals surface area (Å²) in [5.41, 5.74) is -12.3. The van der Waals surface area contributed by atoms with Crippen LogP contribution in [0.2, 0.25) is 0 Å². The fourth-order valence-corrected chi connectivity index (χ4v) is 4.74. The molecule has 0 bridgehead atoms. The fourth-order valence-electron chi connectivity index (χ4n) is 2.82. The molecule has 1 fully saturated rings. The Labute approximate surface area is 174 Å². The zero-order valence-corrected chi connectivity index (χ0v) is 18.8. The lowest BCUT2D eigenvalue weighted by Gasteiger charge is -2.22. The van der Waals surface area contributed by atoms with Crippen LogP contribution in [0.4, 0.5) is 26.3 Å². The zero-order chi connectivity index (χ0) is 23.8. The number of alkyl halides is 6. The van der Waals surface area contributed by atoms with Crippen LogP contribution in [0.25, 0.3) is 0 Å². The van der Waals surface area contributed by atoms with Crippen molar-refractivity contribution in [2.75, 3.05) is 13.1 Å². The lowest BCUT2D eigenvalue weighted by molar-refractivity contribution is -0.0476. The van der Waals surface area contributed by atoms with Gasteiger partial charge < -0.3 is 4.90 Å². The standard InChI is InChI=1S/C14H29N.C2HF6NO4S2/c1-4-5-6-7-8-9-11-15-12-10-13(2)14(15)3;3-1(4,5)14(10,11)9-15(12,13)2(6,7)8/h13-14H,4-12H2,1-3H3;9H. The first-order valence-corrected chi connectivity index (χ1v) is 12.6. The Hall–Kier alpha value is -0.600. The lowest BCUT2D eigenvalue weighted by atomic mass is 10.1. The van der Waals surface area contributed by atoms with Crippen molar-refractivity contribution in [3.63, 3.8) is 0 Å². The van der Waals surface area contributed by atoms with E-state index in [-0.39, 0.29) is 0 Å². The first-order chi connectivity index (χ1) is 13.5. The first kappa shape index (κ1) is 29.4. The monoisotopic (exact) mass is 492 g/mol. The second-order valence-corrected chi connectivity index (χ2v) is 10.9. The van der Waals surface area contributed by atoms with Gasteiger partial charge in [0, 0.05) is 6.04 Å². The van der Waals surface area contributed by atoms with Gasteiger partial charge in [0.05, 0.1) is 0 Å². The fraction of sp³-hybridized carbons (Fsp3) is 1.00. The van der Waals surface area contributed by atoms with Crippen molar-refractivity contribution in [3.8, 4) is 0 Å². The van der Waals surface area contributed by atoms with E-state index >= 15 is 0 Å². The smallest absolute Gasteiger partial charge is 0.300 e. The van der Waals surface area contributed by atoms with Gasteiger partial charge >= 0.3 is 31.1 Å². The predicted octanol–water partition coefficient (Wildman–Crippen LogP) is 4.35. The molecule has 1 heterocycles. The van der Waals surface area contributed by atoms with Gasteiger partial charge in [0.1, 0.15) is 0 Å². The van der Waals surface area contributed by atoms with Gasteiger partial charge in [-0.2, -0.15) is 26.3 Å². The zero-order valence-electron chi connectivity index (χ0n) is 17.2. The summed E-state index contributed by atoms with van der Waals surface area (Å²) >= 11 is 0. The molecule has 14 heteroatoms. The average Bonchev–Trinajstić information content (AvgIpc) is 2.87. The Morgan fingerprint density at radius 3 is 1.63 bits per heavy atom. The second-order valence-electron chi connectivity index (χ2n) is 7.29. The number of nitrogens with zero attached hydrogens (tertiary/aromatic N) is 1. The minimum Gasteiger partial charge on any atom is -0.300 e. The predicted molar refractivity (Wildman–Crippen MR) is 101 cm³/mol. The average molecular weight is 493 g/mol. The quantitative estimate of drug-likeness (QED) is 0.382. The second kappa shape index (κ2) is 11.9. The van der Waals surface area contributed by atoms with E-state index in [2.05, 4.69) is 25.7 Å². The highest BCUT2D eigenvalue weighted by molar-refractivity contribution is 8.05. The maximum Gasteiger partial charge on any atom is 0.512 e.